The molecule has 210 valence electrons. The molecule has 0 aliphatic carbocycles. The van der Waals surface area contributed by atoms with Crippen LogP contribution in [-0.4, -0.2) is 68.2 Å². The van der Waals surface area contributed by atoms with Crippen molar-refractivity contribution in [3.8, 4) is 5.75 Å². The van der Waals surface area contributed by atoms with Crippen molar-refractivity contribution in [1.29, 1.82) is 0 Å². The van der Waals surface area contributed by atoms with Crippen molar-refractivity contribution < 1.29 is 28.3 Å². The Hall–Kier alpha value is -2.75. The normalized spacial score (nSPS) is 27.0. The molecule has 0 saturated carbocycles. The molecule has 2 saturated heterocycles. The predicted molar refractivity (Wildman–Crippen MR) is 150 cm³/mol. The van der Waals surface area contributed by atoms with Gasteiger partial charge in [-0.25, -0.2) is 0 Å². The lowest BCUT2D eigenvalue weighted by atomic mass is 9.95. The van der Waals surface area contributed by atoms with Crippen LogP contribution in [0.25, 0.3) is 0 Å². The van der Waals surface area contributed by atoms with Gasteiger partial charge in [0.2, 0.25) is 14.3 Å². The number of ether oxygens (including phenoxy) is 2. The number of para-hydroxylation sites is 2. The molecule has 2 aromatic rings. The number of hydrogen-bond acceptors (Lipinski definition) is 5. The van der Waals surface area contributed by atoms with Crippen LogP contribution < -0.4 is 9.64 Å². The number of likely N-dealkylation sites (tertiary alicyclic amines) is 1. The second-order valence-electron chi connectivity index (χ2n) is 11.6. The van der Waals surface area contributed by atoms with Crippen molar-refractivity contribution >= 4 is 31.6 Å². The summed E-state index contributed by atoms with van der Waals surface area (Å²) in [5.74, 6) is 0.512. The largest absolute Gasteiger partial charge is 0.482 e. The first kappa shape index (κ1) is 27.8. The number of carbonyl (C=O) groups is 2. The van der Waals surface area contributed by atoms with E-state index in [1.165, 1.54) is 0 Å². The van der Waals surface area contributed by atoms with Crippen LogP contribution in [-0.2, 0) is 20.7 Å². The summed E-state index contributed by atoms with van der Waals surface area (Å²) in [6, 6.07) is 15.3. The highest BCUT2D eigenvalue weighted by molar-refractivity contribution is 6.72. The highest BCUT2D eigenvalue weighted by Gasteiger charge is 2.52. The molecule has 3 heterocycles. The van der Waals surface area contributed by atoms with Crippen molar-refractivity contribution in [2.24, 2.45) is 5.92 Å². The van der Waals surface area contributed by atoms with Crippen LogP contribution in [0.2, 0.25) is 18.6 Å². The van der Waals surface area contributed by atoms with Crippen molar-refractivity contribution in [1.82, 2.24) is 4.90 Å². The van der Waals surface area contributed by atoms with Crippen LogP contribution >= 0.6 is 0 Å². The van der Waals surface area contributed by atoms with Gasteiger partial charge >= 0.3 is 0 Å². The summed E-state index contributed by atoms with van der Waals surface area (Å²) in [6.07, 6.45) is 2.66. The Bertz CT molecular complexity index is 1200. The maximum absolute atomic E-state index is 15.6. The van der Waals surface area contributed by atoms with Crippen LogP contribution in [0.15, 0.2) is 48.5 Å². The van der Waals surface area contributed by atoms with Gasteiger partial charge in [0.15, 0.2) is 6.61 Å². The Kier molecular flexibility index (Phi) is 8.12. The zero-order valence-corrected chi connectivity index (χ0v) is 24.0. The van der Waals surface area contributed by atoms with Crippen molar-refractivity contribution in [3.05, 3.63) is 54.1 Å². The number of carbonyl (C=O) groups excluding carboxylic acids is 2. The standard InChI is InChI=1S/C30H39FN2O5Si/c1-20-25(38-27(30(20)39(2,3)31)17-28(35)32-15-7-10-23(32)18-34)14-13-21-8-6-9-22(16-21)33-24-11-4-5-12-26(24)37-19-29(33)36/h4-6,8-9,11-12,16,20,23,25,27,30,34H,7,10,13-15,17-19H2,1-3H3/t20-,23-,25+,27-,30+/m0/s1. The number of anilines is 2. The van der Waals surface area contributed by atoms with E-state index in [4.69, 9.17) is 9.47 Å². The zero-order valence-electron chi connectivity index (χ0n) is 23.0. The molecule has 5 rings (SSSR count). The van der Waals surface area contributed by atoms with Crippen LogP contribution in [0.5, 0.6) is 5.75 Å². The van der Waals surface area contributed by atoms with Gasteiger partial charge in [-0.15, -0.1) is 0 Å². The van der Waals surface area contributed by atoms with Gasteiger partial charge in [0.1, 0.15) is 5.75 Å². The molecule has 9 heteroatoms. The van der Waals surface area contributed by atoms with E-state index < -0.39 is 14.5 Å². The Morgan fingerprint density at radius 2 is 1.95 bits per heavy atom. The first-order valence-corrected chi connectivity index (χ1v) is 17.0. The van der Waals surface area contributed by atoms with Crippen molar-refractivity contribution in [2.45, 2.75) is 75.9 Å². The van der Waals surface area contributed by atoms with Crippen LogP contribution in [0.4, 0.5) is 15.5 Å². The minimum atomic E-state index is -3.11. The fraction of sp³-hybridized carbons (Fsp3) is 0.533. The third kappa shape index (κ3) is 5.76. The molecule has 0 radical (unpaired) electrons. The number of aliphatic hydroxyl groups excluding tert-OH is 1. The third-order valence-corrected chi connectivity index (χ3v) is 11.1. The summed E-state index contributed by atoms with van der Waals surface area (Å²) in [7, 11) is -3.11. The molecule has 1 N–H and O–H groups in total. The average Bonchev–Trinajstić information content (AvgIpc) is 3.51. The molecule has 0 unspecified atom stereocenters. The van der Waals surface area contributed by atoms with E-state index in [9.17, 15) is 14.7 Å². The van der Waals surface area contributed by atoms with Crippen LogP contribution in [0.3, 0.4) is 0 Å². The second kappa shape index (κ2) is 11.4. The monoisotopic (exact) mass is 554 g/mol. The molecule has 0 spiro atoms. The van der Waals surface area contributed by atoms with Crippen LogP contribution in [0.1, 0.15) is 38.2 Å². The summed E-state index contributed by atoms with van der Waals surface area (Å²) >= 11 is 0. The van der Waals surface area contributed by atoms with E-state index in [0.717, 1.165) is 29.8 Å². The second-order valence-corrected chi connectivity index (χ2v) is 15.4. The number of aryl methyl sites for hydroxylation is 1. The highest BCUT2D eigenvalue weighted by atomic mass is 28.4. The number of amides is 2. The zero-order chi connectivity index (χ0) is 27.7. The Balaban J connectivity index is 1.28. The molecule has 0 aromatic heterocycles. The molecule has 2 amide bonds. The molecular formula is C30H39FN2O5Si. The van der Waals surface area contributed by atoms with Gasteiger partial charge in [-0.3, -0.25) is 14.5 Å². The number of hydrogen-bond donors (Lipinski definition) is 1. The maximum atomic E-state index is 15.6. The number of benzene rings is 2. The Labute approximate surface area is 231 Å². The molecule has 3 aliphatic heterocycles. The minimum Gasteiger partial charge on any atom is -0.482 e. The summed E-state index contributed by atoms with van der Waals surface area (Å²) in [6.45, 7) is 6.08. The molecule has 3 aliphatic rings. The number of halogens is 1. The van der Waals surface area contributed by atoms with Crippen LogP contribution in [0, 0.1) is 5.92 Å². The van der Waals surface area contributed by atoms with E-state index in [1.54, 1.807) is 22.9 Å². The van der Waals surface area contributed by atoms with E-state index in [2.05, 4.69) is 6.92 Å². The van der Waals surface area contributed by atoms with Crippen molar-refractivity contribution in [2.75, 3.05) is 24.7 Å². The lowest BCUT2D eigenvalue weighted by molar-refractivity contribution is -0.135. The van der Waals surface area contributed by atoms with E-state index >= 15 is 4.11 Å². The first-order valence-electron chi connectivity index (χ1n) is 14.1. The number of nitrogens with zero attached hydrogens (tertiary/aromatic N) is 2. The molecule has 0 bridgehead atoms. The predicted octanol–water partition coefficient (Wildman–Crippen LogP) is 5.00. The quantitative estimate of drug-likeness (QED) is 0.367. The smallest absolute Gasteiger partial charge is 0.269 e. The molecule has 2 aromatic carbocycles. The molecular weight excluding hydrogens is 515 g/mol. The summed E-state index contributed by atoms with van der Waals surface area (Å²) in [5, 5.41) is 9.65. The van der Waals surface area contributed by atoms with E-state index in [-0.39, 0.29) is 55.1 Å². The number of rotatable bonds is 8. The topological polar surface area (TPSA) is 79.3 Å². The maximum Gasteiger partial charge on any atom is 0.269 e. The lowest BCUT2D eigenvalue weighted by Gasteiger charge is -2.30. The number of aliphatic hydroxyl groups is 1. The number of fused-ring (bicyclic) bond motifs is 1. The van der Waals surface area contributed by atoms with Gasteiger partial charge < -0.3 is 23.6 Å². The lowest BCUT2D eigenvalue weighted by Crippen LogP contribution is -2.42. The highest BCUT2D eigenvalue weighted by Crippen LogP contribution is 2.47. The van der Waals surface area contributed by atoms with E-state index in [1.807, 2.05) is 48.5 Å². The molecule has 39 heavy (non-hydrogen) atoms. The van der Waals surface area contributed by atoms with Gasteiger partial charge in [0.25, 0.3) is 5.91 Å². The van der Waals surface area contributed by atoms with Gasteiger partial charge in [-0.05, 0) is 74.5 Å². The van der Waals surface area contributed by atoms with Gasteiger partial charge in [0, 0.05) is 17.8 Å². The molecule has 2 fully saturated rings. The molecule has 5 atom stereocenters. The fourth-order valence-corrected chi connectivity index (χ4v) is 9.31. The van der Waals surface area contributed by atoms with Gasteiger partial charge in [-0.1, -0.05) is 31.2 Å². The summed E-state index contributed by atoms with van der Waals surface area (Å²) in [4.78, 5) is 29.3. The average molecular weight is 555 g/mol. The van der Waals surface area contributed by atoms with Gasteiger partial charge in [0.05, 0.1) is 37.0 Å². The fourth-order valence-electron chi connectivity index (χ4n) is 6.76. The Morgan fingerprint density at radius 1 is 1.15 bits per heavy atom. The van der Waals surface area contributed by atoms with E-state index in [0.29, 0.717) is 25.1 Å². The first-order chi connectivity index (χ1) is 18.7. The summed E-state index contributed by atoms with van der Waals surface area (Å²) < 4.78 is 27.6. The third-order valence-electron chi connectivity index (χ3n) is 8.57. The minimum absolute atomic E-state index is 0.00226. The Morgan fingerprint density at radius 3 is 2.72 bits per heavy atom. The molecule has 7 nitrogen and oxygen atoms in total. The summed E-state index contributed by atoms with van der Waals surface area (Å²) in [5.41, 5.74) is 2.31. The van der Waals surface area contributed by atoms with Crippen molar-refractivity contribution in [3.63, 3.8) is 0 Å². The van der Waals surface area contributed by atoms with Gasteiger partial charge in [-0.2, -0.15) is 0 Å². The SMILES string of the molecule is C[C@@H]1[C@@H]([Si](C)(C)F)[C@H](CC(=O)N2CCC[C@H]2CO)O[C@@H]1CCc1cccc(N2C(=O)COc3ccccc32)c1.